The molecule has 0 bridgehead atoms. The summed E-state index contributed by atoms with van der Waals surface area (Å²) in [4.78, 5) is 45.7. The number of nitrogens with zero attached hydrogens (tertiary/aromatic N) is 1. The molecule has 33 heavy (non-hydrogen) atoms. The van der Waals surface area contributed by atoms with Crippen LogP contribution in [0.3, 0.4) is 0 Å². The Morgan fingerprint density at radius 1 is 1.12 bits per heavy atom. The topological polar surface area (TPSA) is 137 Å². The van der Waals surface area contributed by atoms with E-state index in [1.807, 2.05) is 0 Å². The van der Waals surface area contributed by atoms with Crippen molar-refractivity contribution in [3.8, 4) is 5.75 Å². The van der Waals surface area contributed by atoms with Gasteiger partial charge in [-0.15, -0.1) is 0 Å². The fourth-order valence-corrected chi connectivity index (χ4v) is 2.38. The van der Waals surface area contributed by atoms with Crippen molar-refractivity contribution in [3.05, 3.63) is 70.4 Å². The second kappa shape index (κ2) is 10.7. The Kier molecular flexibility index (Phi) is 8.09. The van der Waals surface area contributed by atoms with Gasteiger partial charge in [0.1, 0.15) is 11.4 Å². The number of nitrogens with one attached hydrogen (secondary N) is 2. The summed E-state index contributed by atoms with van der Waals surface area (Å²) < 4.78 is 46.5. The zero-order valence-corrected chi connectivity index (χ0v) is 16.8. The summed E-state index contributed by atoms with van der Waals surface area (Å²) in [6.45, 7) is -0.807. The molecule has 13 heteroatoms. The molecule has 0 unspecified atom stereocenters. The number of carbonyl (C=O) groups excluding carboxylic acids is 3. The van der Waals surface area contributed by atoms with Gasteiger partial charge in [0.2, 0.25) is 0 Å². The van der Waals surface area contributed by atoms with Gasteiger partial charge in [-0.2, -0.15) is 13.2 Å². The molecule has 2 rings (SSSR count). The molecule has 0 radical (unpaired) electrons. The number of para-hydroxylation sites is 1. The maximum absolute atomic E-state index is 12.3. The van der Waals surface area contributed by atoms with Crippen molar-refractivity contribution in [2.45, 2.75) is 6.18 Å². The minimum Gasteiger partial charge on any atom is -0.496 e. The van der Waals surface area contributed by atoms with Gasteiger partial charge >= 0.3 is 12.1 Å². The van der Waals surface area contributed by atoms with E-state index in [2.05, 4.69) is 10.6 Å². The average Bonchev–Trinajstić information content (AvgIpc) is 2.77. The van der Waals surface area contributed by atoms with Crippen LogP contribution in [0.25, 0.3) is 0 Å². The van der Waals surface area contributed by atoms with E-state index in [0.717, 1.165) is 6.07 Å². The van der Waals surface area contributed by atoms with Gasteiger partial charge in [-0.3, -0.25) is 19.7 Å². The summed E-state index contributed by atoms with van der Waals surface area (Å²) in [5.41, 5.74) is -0.711. The lowest BCUT2D eigenvalue weighted by atomic mass is 10.2. The highest BCUT2D eigenvalue weighted by molar-refractivity contribution is 5.99. The first-order chi connectivity index (χ1) is 15.5. The Morgan fingerprint density at radius 2 is 1.82 bits per heavy atom. The van der Waals surface area contributed by atoms with Crippen LogP contribution in [0, 0.1) is 10.1 Å². The fourth-order valence-electron chi connectivity index (χ4n) is 2.38. The Hall–Kier alpha value is -4.42. The number of hydrogen-bond acceptors (Lipinski definition) is 8. The van der Waals surface area contributed by atoms with Gasteiger partial charge in [-0.1, -0.05) is 12.1 Å². The van der Waals surface area contributed by atoms with Gasteiger partial charge in [0.25, 0.3) is 17.4 Å². The van der Waals surface area contributed by atoms with Crippen LogP contribution in [-0.4, -0.2) is 42.5 Å². The van der Waals surface area contributed by atoms with Crippen LogP contribution >= 0.6 is 0 Å². The third kappa shape index (κ3) is 7.05. The van der Waals surface area contributed by atoms with Crippen LogP contribution < -0.4 is 15.4 Å². The summed E-state index contributed by atoms with van der Waals surface area (Å²) in [7, 11) is 1.31. The highest BCUT2D eigenvalue weighted by Crippen LogP contribution is 2.29. The number of nitro benzene ring substituents is 1. The molecule has 0 saturated heterocycles. The standard InChI is InChI=1S/C20H16F3N3O7/c1-32-12-6-7-15(16(10-12)26(30)31)25-18(28)11-33-19(29)13-4-2-3-5-14(13)24-9-8-17(27)20(21,22)23/h2-10,24H,11H2,1H3,(H,25,28). The fraction of sp³-hybridized carbons (Fsp3) is 0.150. The van der Waals surface area contributed by atoms with Crippen molar-refractivity contribution in [1.29, 1.82) is 0 Å². The number of allylic oxidation sites excluding steroid dienone is 1. The van der Waals surface area contributed by atoms with Crippen molar-refractivity contribution in [2.24, 2.45) is 0 Å². The van der Waals surface area contributed by atoms with E-state index >= 15 is 0 Å². The van der Waals surface area contributed by atoms with E-state index in [1.165, 1.54) is 43.5 Å². The number of esters is 1. The first-order valence-electron chi connectivity index (χ1n) is 8.95. The number of rotatable bonds is 9. The first-order valence-corrected chi connectivity index (χ1v) is 8.95. The van der Waals surface area contributed by atoms with Gasteiger partial charge in [-0.05, 0) is 24.3 Å². The normalized spacial score (nSPS) is 11.0. The Morgan fingerprint density at radius 3 is 2.45 bits per heavy atom. The van der Waals surface area contributed by atoms with Crippen LogP contribution in [0.4, 0.5) is 30.2 Å². The third-order valence-electron chi connectivity index (χ3n) is 3.91. The smallest absolute Gasteiger partial charge is 0.454 e. The number of ketones is 1. The zero-order chi connectivity index (χ0) is 24.6. The molecule has 0 aliphatic heterocycles. The molecule has 0 saturated carbocycles. The van der Waals surface area contributed by atoms with E-state index in [9.17, 15) is 37.7 Å². The number of halogens is 3. The molecule has 0 fully saturated rings. The molecule has 0 heterocycles. The molecule has 0 aliphatic carbocycles. The van der Waals surface area contributed by atoms with Crippen LogP contribution in [0.15, 0.2) is 54.7 Å². The van der Waals surface area contributed by atoms with Gasteiger partial charge in [0, 0.05) is 12.3 Å². The first kappa shape index (κ1) is 24.8. The number of hydrogen-bond donors (Lipinski definition) is 2. The van der Waals surface area contributed by atoms with Crippen molar-refractivity contribution in [1.82, 2.24) is 0 Å². The Balaban J connectivity index is 2.03. The van der Waals surface area contributed by atoms with Crippen LogP contribution in [0.1, 0.15) is 10.4 Å². The summed E-state index contributed by atoms with van der Waals surface area (Å²) in [6, 6.07) is 9.23. The molecule has 0 spiro atoms. The van der Waals surface area contributed by atoms with Crippen molar-refractivity contribution in [3.63, 3.8) is 0 Å². The summed E-state index contributed by atoms with van der Waals surface area (Å²) in [6.07, 6.45) is -4.09. The second-order valence-electron chi connectivity index (χ2n) is 6.15. The largest absolute Gasteiger partial charge is 0.496 e. The average molecular weight is 467 g/mol. The predicted octanol–water partition coefficient (Wildman–Crippen LogP) is 3.46. The lowest BCUT2D eigenvalue weighted by molar-refractivity contribution is -0.384. The van der Waals surface area contributed by atoms with E-state index in [0.29, 0.717) is 6.20 Å². The minimum absolute atomic E-state index is 0.0138. The summed E-state index contributed by atoms with van der Waals surface area (Å²) in [5.74, 6) is -3.79. The molecule has 0 aromatic heterocycles. The second-order valence-corrected chi connectivity index (χ2v) is 6.15. The summed E-state index contributed by atoms with van der Waals surface area (Å²) >= 11 is 0. The highest BCUT2D eigenvalue weighted by Gasteiger charge is 2.36. The van der Waals surface area contributed by atoms with Crippen LogP contribution in [-0.2, 0) is 14.3 Å². The third-order valence-corrected chi connectivity index (χ3v) is 3.91. The van der Waals surface area contributed by atoms with Gasteiger partial charge < -0.3 is 20.1 Å². The number of anilines is 2. The quantitative estimate of drug-likeness (QED) is 0.248. The SMILES string of the molecule is COc1ccc(NC(=O)COC(=O)c2ccccc2NC=CC(=O)C(F)(F)F)c([N+](=O)[O-])c1. The Bertz CT molecular complexity index is 1100. The number of amides is 1. The number of carbonyl (C=O) groups is 3. The Labute approximate surface area is 184 Å². The molecule has 2 N–H and O–H groups in total. The number of alkyl halides is 3. The molecular weight excluding hydrogens is 451 g/mol. The minimum atomic E-state index is -5.04. The van der Waals surface area contributed by atoms with Gasteiger partial charge in [-0.25, -0.2) is 4.79 Å². The molecular formula is C20H16F3N3O7. The molecule has 1 amide bonds. The van der Waals surface area contributed by atoms with E-state index < -0.39 is 41.1 Å². The van der Waals surface area contributed by atoms with Crippen LogP contribution in [0.5, 0.6) is 5.75 Å². The maximum Gasteiger partial charge on any atom is 0.454 e. The van der Waals surface area contributed by atoms with E-state index in [4.69, 9.17) is 9.47 Å². The summed E-state index contributed by atoms with van der Waals surface area (Å²) in [5, 5.41) is 15.8. The predicted molar refractivity (Wildman–Crippen MR) is 109 cm³/mol. The lowest BCUT2D eigenvalue weighted by Gasteiger charge is -2.10. The number of benzene rings is 2. The van der Waals surface area contributed by atoms with Gasteiger partial charge in [0.15, 0.2) is 6.61 Å². The highest BCUT2D eigenvalue weighted by atomic mass is 19.4. The monoisotopic (exact) mass is 467 g/mol. The molecule has 0 aliphatic rings. The molecule has 0 atom stereocenters. The van der Waals surface area contributed by atoms with Crippen molar-refractivity contribution < 1.29 is 42.0 Å². The molecule has 10 nitrogen and oxygen atoms in total. The van der Waals surface area contributed by atoms with Crippen molar-refractivity contribution >= 4 is 34.7 Å². The molecule has 2 aromatic carbocycles. The lowest BCUT2D eigenvalue weighted by Crippen LogP contribution is -2.22. The number of ether oxygens (including phenoxy) is 2. The van der Waals surface area contributed by atoms with Crippen LogP contribution in [0.2, 0.25) is 0 Å². The van der Waals surface area contributed by atoms with E-state index in [1.54, 1.807) is 0 Å². The molecule has 174 valence electrons. The molecule has 2 aromatic rings. The van der Waals surface area contributed by atoms with Crippen molar-refractivity contribution in [2.75, 3.05) is 24.4 Å². The van der Waals surface area contributed by atoms with E-state index in [-0.39, 0.29) is 28.8 Å². The number of methoxy groups -OCH3 is 1. The maximum atomic E-state index is 12.3. The van der Waals surface area contributed by atoms with Gasteiger partial charge in [0.05, 0.1) is 29.4 Å². The zero-order valence-electron chi connectivity index (χ0n) is 16.8. The number of nitro groups is 1.